The molecule has 0 radical (unpaired) electrons. The van der Waals surface area contributed by atoms with Gasteiger partial charge in [-0.3, -0.25) is 9.48 Å². The van der Waals surface area contributed by atoms with Crippen LogP contribution in [0.1, 0.15) is 47.6 Å². The fraction of sp³-hybridized carbons (Fsp3) is 0.375. The average Bonchev–Trinajstić information content (AvgIpc) is 3.41. The molecule has 2 atom stereocenters. The molecule has 1 aliphatic rings. The van der Waals surface area contributed by atoms with Crippen molar-refractivity contribution >= 4 is 10.9 Å². The predicted octanol–water partition coefficient (Wildman–Crippen LogP) is 2.88. The molecule has 0 bridgehead atoms. The Morgan fingerprint density at radius 3 is 2.50 bits per heavy atom. The molecule has 8 heteroatoms. The van der Waals surface area contributed by atoms with Crippen molar-refractivity contribution in [2.75, 3.05) is 0 Å². The summed E-state index contributed by atoms with van der Waals surface area (Å²) in [6.45, 7) is 4.05. The van der Waals surface area contributed by atoms with Crippen LogP contribution in [0.3, 0.4) is 0 Å². The van der Waals surface area contributed by atoms with Crippen LogP contribution in [0, 0.1) is 13.8 Å². The van der Waals surface area contributed by atoms with Crippen LogP contribution in [-0.2, 0) is 13.5 Å². The summed E-state index contributed by atoms with van der Waals surface area (Å²) in [7, 11) is 1.85. The Kier molecular flexibility index (Phi) is 5.09. The average molecular weight is 431 g/mol. The smallest absolute Gasteiger partial charge is 0.277 e. The Bertz CT molecular complexity index is 1360. The van der Waals surface area contributed by atoms with E-state index >= 15 is 0 Å². The van der Waals surface area contributed by atoms with E-state index in [1.165, 1.54) is 4.68 Å². The molecule has 1 saturated carbocycles. The molecular weight excluding hydrogens is 404 g/mol. The molecule has 2 heterocycles. The van der Waals surface area contributed by atoms with E-state index in [0.29, 0.717) is 23.7 Å². The number of benzene rings is 2. The Morgan fingerprint density at radius 1 is 1.06 bits per heavy atom. The van der Waals surface area contributed by atoms with Crippen LogP contribution >= 0.6 is 0 Å². The number of fused-ring (bicyclic) bond motifs is 1. The zero-order valence-corrected chi connectivity index (χ0v) is 18.5. The lowest BCUT2D eigenvalue weighted by molar-refractivity contribution is 0.126. The van der Waals surface area contributed by atoms with Crippen molar-refractivity contribution < 1.29 is 5.11 Å². The van der Waals surface area contributed by atoms with E-state index in [0.717, 1.165) is 46.4 Å². The summed E-state index contributed by atoms with van der Waals surface area (Å²) in [4.78, 5) is 13.3. The maximum absolute atomic E-state index is 13.3. The number of aryl methyl sites for hydroxylation is 2. The highest BCUT2D eigenvalue weighted by Crippen LogP contribution is 2.29. The first-order chi connectivity index (χ1) is 15.4. The number of hydrogen-bond acceptors (Lipinski definition) is 6. The zero-order chi connectivity index (χ0) is 22.4. The Hall–Kier alpha value is -3.39. The molecule has 0 aliphatic heterocycles. The van der Waals surface area contributed by atoms with Crippen molar-refractivity contribution in [3.63, 3.8) is 0 Å². The standard InChI is InChI=1S/C24H26N6O2/c1-14-15(2)23-19(24(32)30(28-26-23)21-5-4-6-22(21)31)12-18(14)11-16-7-9-17(10-8-16)20-13-29(3)27-25-20/h7-10,12-13,21-22,31H,4-6,11H2,1-3H3. The van der Waals surface area contributed by atoms with Crippen molar-refractivity contribution in [3.8, 4) is 11.3 Å². The van der Waals surface area contributed by atoms with Crippen LogP contribution in [0.4, 0.5) is 0 Å². The molecule has 0 amide bonds. The van der Waals surface area contributed by atoms with Crippen molar-refractivity contribution in [2.45, 2.75) is 51.7 Å². The maximum atomic E-state index is 13.3. The molecular formula is C24H26N6O2. The molecule has 2 unspecified atom stereocenters. The predicted molar refractivity (Wildman–Crippen MR) is 121 cm³/mol. The van der Waals surface area contributed by atoms with Crippen LogP contribution in [-0.4, -0.2) is 41.2 Å². The van der Waals surface area contributed by atoms with E-state index in [1.807, 2.05) is 38.4 Å². The van der Waals surface area contributed by atoms with Crippen molar-refractivity contribution in [3.05, 3.63) is 69.1 Å². The lowest BCUT2D eigenvalue weighted by atomic mass is 9.94. The largest absolute Gasteiger partial charge is 0.391 e. The second-order valence-corrected chi connectivity index (χ2v) is 8.74. The summed E-state index contributed by atoms with van der Waals surface area (Å²) in [5, 5.41) is 27.5. The van der Waals surface area contributed by atoms with Crippen LogP contribution in [0.15, 0.2) is 41.3 Å². The van der Waals surface area contributed by atoms with E-state index < -0.39 is 6.10 Å². The molecule has 0 spiro atoms. The van der Waals surface area contributed by atoms with Crippen molar-refractivity contribution in [2.24, 2.45) is 7.05 Å². The van der Waals surface area contributed by atoms with Gasteiger partial charge in [0.05, 0.1) is 23.7 Å². The Labute approximate surface area is 185 Å². The highest BCUT2D eigenvalue weighted by atomic mass is 16.3. The number of nitrogens with zero attached hydrogens (tertiary/aromatic N) is 6. The fourth-order valence-corrected chi connectivity index (χ4v) is 4.62. The zero-order valence-electron chi connectivity index (χ0n) is 18.5. The van der Waals surface area contributed by atoms with Crippen molar-refractivity contribution in [1.82, 2.24) is 30.0 Å². The van der Waals surface area contributed by atoms with Crippen LogP contribution < -0.4 is 5.56 Å². The normalized spacial score (nSPS) is 18.5. The summed E-state index contributed by atoms with van der Waals surface area (Å²) in [6, 6.07) is 9.91. The molecule has 164 valence electrons. The molecule has 1 aliphatic carbocycles. The molecule has 2 aromatic carbocycles. The molecule has 1 fully saturated rings. The van der Waals surface area contributed by atoms with Gasteiger partial charge in [0, 0.05) is 12.6 Å². The van der Waals surface area contributed by atoms with Crippen LogP contribution in [0.5, 0.6) is 0 Å². The summed E-state index contributed by atoms with van der Waals surface area (Å²) in [5.74, 6) is 0. The van der Waals surface area contributed by atoms with E-state index in [-0.39, 0.29) is 11.6 Å². The van der Waals surface area contributed by atoms with Gasteiger partial charge in [0.2, 0.25) is 0 Å². The molecule has 8 nitrogen and oxygen atoms in total. The number of aromatic nitrogens is 6. The van der Waals surface area contributed by atoms with E-state index in [4.69, 9.17) is 0 Å². The third-order valence-corrected chi connectivity index (χ3v) is 6.66. The molecule has 1 N–H and O–H groups in total. The number of aliphatic hydroxyl groups is 1. The molecule has 5 rings (SSSR count). The Morgan fingerprint density at radius 2 is 1.84 bits per heavy atom. The van der Waals surface area contributed by atoms with E-state index in [1.54, 1.807) is 4.68 Å². The molecule has 0 saturated heterocycles. The van der Waals surface area contributed by atoms with Gasteiger partial charge in [-0.2, -0.15) is 0 Å². The summed E-state index contributed by atoms with van der Waals surface area (Å²) in [5.41, 5.74) is 6.63. The van der Waals surface area contributed by atoms with E-state index in [2.05, 4.69) is 39.7 Å². The van der Waals surface area contributed by atoms with Gasteiger partial charge in [0.15, 0.2) is 0 Å². The summed E-state index contributed by atoms with van der Waals surface area (Å²) >= 11 is 0. The maximum Gasteiger partial charge on any atom is 0.277 e. The van der Waals surface area contributed by atoms with Gasteiger partial charge < -0.3 is 5.11 Å². The monoisotopic (exact) mass is 430 g/mol. The highest BCUT2D eigenvalue weighted by molar-refractivity contribution is 5.82. The van der Waals surface area contributed by atoms with Crippen LogP contribution in [0.25, 0.3) is 22.2 Å². The number of rotatable bonds is 4. The number of hydrogen-bond donors (Lipinski definition) is 1. The minimum atomic E-state index is -0.543. The highest BCUT2D eigenvalue weighted by Gasteiger charge is 2.29. The minimum absolute atomic E-state index is 0.178. The minimum Gasteiger partial charge on any atom is -0.391 e. The van der Waals surface area contributed by atoms with Gasteiger partial charge in [0.25, 0.3) is 5.56 Å². The van der Waals surface area contributed by atoms with Crippen LogP contribution in [0.2, 0.25) is 0 Å². The van der Waals surface area contributed by atoms with Gasteiger partial charge in [-0.15, -0.1) is 10.2 Å². The van der Waals surface area contributed by atoms with Gasteiger partial charge >= 0.3 is 0 Å². The lowest BCUT2D eigenvalue weighted by Crippen LogP contribution is -2.32. The first-order valence-corrected chi connectivity index (χ1v) is 10.9. The first kappa shape index (κ1) is 20.5. The molecule has 32 heavy (non-hydrogen) atoms. The SMILES string of the molecule is Cc1c(Cc2ccc(-c3cn(C)nn3)cc2)cc2c(=O)n(C3CCCC3O)nnc2c1C. The Balaban J connectivity index is 1.51. The summed E-state index contributed by atoms with van der Waals surface area (Å²) < 4.78 is 3.07. The van der Waals surface area contributed by atoms with E-state index in [9.17, 15) is 9.90 Å². The topological polar surface area (TPSA) is 98.7 Å². The quantitative estimate of drug-likeness (QED) is 0.535. The fourth-order valence-electron chi connectivity index (χ4n) is 4.62. The summed E-state index contributed by atoms with van der Waals surface area (Å²) in [6.07, 6.45) is 4.38. The third-order valence-electron chi connectivity index (χ3n) is 6.66. The van der Waals surface area contributed by atoms with Crippen molar-refractivity contribution in [1.29, 1.82) is 0 Å². The second kappa shape index (κ2) is 7.94. The van der Waals surface area contributed by atoms with Gasteiger partial charge in [-0.05, 0) is 67.9 Å². The third kappa shape index (κ3) is 3.50. The second-order valence-electron chi connectivity index (χ2n) is 8.74. The molecule has 2 aromatic heterocycles. The first-order valence-electron chi connectivity index (χ1n) is 10.9. The van der Waals surface area contributed by atoms with Gasteiger partial charge in [-0.1, -0.05) is 34.7 Å². The number of aliphatic hydroxyl groups excluding tert-OH is 1. The lowest BCUT2D eigenvalue weighted by Gasteiger charge is -2.17. The van der Waals surface area contributed by atoms with Gasteiger partial charge in [0.1, 0.15) is 11.2 Å². The molecule has 4 aromatic rings. The van der Waals surface area contributed by atoms with Gasteiger partial charge in [-0.25, -0.2) is 4.68 Å².